The third kappa shape index (κ3) is 4.25. The summed E-state index contributed by atoms with van der Waals surface area (Å²) in [6, 6.07) is 9.42. The average Bonchev–Trinajstić information content (AvgIpc) is 3.30. The first kappa shape index (κ1) is 17.6. The van der Waals surface area contributed by atoms with Crippen LogP contribution < -0.4 is 10.6 Å². The van der Waals surface area contributed by atoms with E-state index >= 15 is 0 Å². The SMILES string of the molecule is O=C(CNC(=O)c1ccc(F)cc1)NCC1(c2cccs2)CCCC1. The van der Waals surface area contributed by atoms with Gasteiger partial charge in [0.2, 0.25) is 5.91 Å². The summed E-state index contributed by atoms with van der Waals surface area (Å²) in [4.78, 5) is 25.4. The van der Waals surface area contributed by atoms with E-state index in [2.05, 4.69) is 22.1 Å². The molecule has 0 radical (unpaired) electrons. The second-order valence-electron chi connectivity index (χ2n) is 6.43. The van der Waals surface area contributed by atoms with Gasteiger partial charge in [-0.15, -0.1) is 11.3 Å². The Morgan fingerprint density at radius 2 is 1.80 bits per heavy atom. The minimum atomic E-state index is -0.398. The molecule has 4 nitrogen and oxygen atoms in total. The Morgan fingerprint density at radius 3 is 2.44 bits per heavy atom. The van der Waals surface area contributed by atoms with Crippen molar-refractivity contribution in [1.82, 2.24) is 10.6 Å². The maximum atomic E-state index is 12.9. The lowest BCUT2D eigenvalue weighted by atomic mass is 9.84. The molecule has 1 heterocycles. The number of amides is 2. The maximum Gasteiger partial charge on any atom is 0.251 e. The molecule has 25 heavy (non-hydrogen) atoms. The molecule has 1 saturated carbocycles. The van der Waals surface area contributed by atoms with Crippen LogP contribution in [0.3, 0.4) is 0 Å². The lowest BCUT2D eigenvalue weighted by Gasteiger charge is -2.28. The van der Waals surface area contributed by atoms with Gasteiger partial charge in [0.15, 0.2) is 0 Å². The molecule has 0 bridgehead atoms. The topological polar surface area (TPSA) is 58.2 Å². The summed E-state index contributed by atoms with van der Waals surface area (Å²) in [6.07, 6.45) is 4.51. The zero-order valence-electron chi connectivity index (χ0n) is 13.9. The van der Waals surface area contributed by atoms with Gasteiger partial charge in [0.25, 0.3) is 5.91 Å². The highest BCUT2D eigenvalue weighted by atomic mass is 32.1. The van der Waals surface area contributed by atoms with E-state index in [0.717, 1.165) is 12.8 Å². The van der Waals surface area contributed by atoms with E-state index in [1.54, 1.807) is 11.3 Å². The fraction of sp³-hybridized carbons (Fsp3) is 0.368. The number of hydrogen-bond acceptors (Lipinski definition) is 3. The Kier molecular flexibility index (Phi) is 5.48. The Morgan fingerprint density at radius 1 is 1.08 bits per heavy atom. The van der Waals surface area contributed by atoms with Crippen molar-refractivity contribution in [3.63, 3.8) is 0 Å². The standard InChI is InChI=1S/C19H21FN2O2S/c20-15-7-5-14(6-8-15)18(24)21-12-17(23)22-13-19(9-1-2-10-19)16-4-3-11-25-16/h3-8,11H,1-2,9-10,12-13H2,(H,21,24)(H,22,23). The summed E-state index contributed by atoms with van der Waals surface area (Å²) in [5.74, 6) is -0.994. The van der Waals surface area contributed by atoms with E-state index in [1.807, 2.05) is 6.07 Å². The molecule has 2 N–H and O–H groups in total. The molecule has 2 aromatic rings. The van der Waals surface area contributed by atoms with Crippen LogP contribution in [0.5, 0.6) is 0 Å². The number of carbonyl (C=O) groups is 2. The van der Waals surface area contributed by atoms with E-state index < -0.39 is 5.82 Å². The lowest BCUT2D eigenvalue weighted by molar-refractivity contribution is -0.120. The van der Waals surface area contributed by atoms with Crippen LogP contribution in [0.1, 0.15) is 40.9 Å². The van der Waals surface area contributed by atoms with E-state index in [1.165, 1.54) is 42.0 Å². The summed E-state index contributed by atoms with van der Waals surface area (Å²) in [5.41, 5.74) is 0.366. The summed E-state index contributed by atoms with van der Waals surface area (Å²) >= 11 is 1.74. The van der Waals surface area contributed by atoms with Crippen molar-refractivity contribution in [1.29, 1.82) is 0 Å². The van der Waals surface area contributed by atoms with E-state index in [0.29, 0.717) is 12.1 Å². The molecule has 0 spiro atoms. The molecular weight excluding hydrogens is 339 g/mol. The van der Waals surface area contributed by atoms with Crippen molar-refractivity contribution >= 4 is 23.2 Å². The largest absolute Gasteiger partial charge is 0.354 e. The van der Waals surface area contributed by atoms with Crippen LogP contribution >= 0.6 is 11.3 Å². The summed E-state index contributed by atoms with van der Waals surface area (Å²) in [7, 11) is 0. The molecule has 0 atom stereocenters. The Bertz CT molecular complexity index is 722. The molecule has 132 valence electrons. The number of nitrogens with one attached hydrogen (secondary N) is 2. The van der Waals surface area contributed by atoms with Gasteiger partial charge in [-0.1, -0.05) is 18.9 Å². The number of hydrogen-bond donors (Lipinski definition) is 2. The molecule has 0 saturated heterocycles. The van der Waals surface area contributed by atoms with Crippen molar-refractivity contribution in [3.8, 4) is 0 Å². The molecule has 1 aliphatic carbocycles. The van der Waals surface area contributed by atoms with Gasteiger partial charge >= 0.3 is 0 Å². The average molecular weight is 360 g/mol. The van der Waals surface area contributed by atoms with E-state index in [-0.39, 0.29) is 23.8 Å². The molecule has 0 aliphatic heterocycles. The highest BCUT2D eigenvalue weighted by molar-refractivity contribution is 7.10. The van der Waals surface area contributed by atoms with E-state index in [9.17, 15) is 14.0 Å². The quantitative estimate of drug-likeness (QED) is 0.831. The van der Waals surface area contributed by atoms with Gasteiger partial charge in [-0.25, -0.2) is 4.39 Å². The van der Waals surface area contributed by atoms with Crippen LogP contribution in [0.4, 0.5) is 4.39 Å². The number of thiophene rings is 1. The fourth-order valence-corrected chi connectivity index (χ4v) is 4.32. The fourth-order valence-electron chi connectivity index (χ4n) is 3.34. The molecule has 1 aromatic carbocycles. The van der Waals surface area contributed by atoms with Crippen LogP contribution in [0.15, 0.2) is 41.8 Å². The predicted octanol–water partition coefficient (Wildman–Crippen LogP) is 3.25. The highest BCUT2D eigenvalue weighted by Gasteiger charge is 2.36. The van der Waals surface area contributed by atoms with Crippen LogP contribution in [0.2, 0.25) is 0 Å². The minimum Gasteiger partial charge on any atom is -0.354 e. The summed E-state index contributed by atoms with van der Waals surface area (Å²) in [5, 5.41) is 7.60. The van der Waals surface area contributed by atoms with Gasteiger partial charge in [0.1, 0.15) is 5.82 Å². The van der Waals surface area contributed by atoms with Crippen molar-refractivity contribution in [3.05, 3.63) is 58.0 Å². The normalized spacial score (nSPS) is 15.7. The molecule has 1 fully saturated rings. The monoisotopic (exact) mass is 360 g/mol. The molecule has 3 rings (SSSR count). The third-order valence-corrected chi connectivity index (χ3v) is 5.86. The smallest absolute Gasteiger partial charge is 0.251 e. The number of benzene rings is 1. The van der Waals surface area contributed by atoms with Crippen LogP contribution in [-0.2, 0) is 10.2 Å². The molecule has 1 aliphatic rings. The third-order valence-electron chi connectivity index (χ3n) is 4.74. The van der Waals surface area contributed by atoms with Gasteiger partial charge in [-0.05, 0) is 48.6 Å². The molecule has 0 unspecified atom stereocenters. The molecule has 1 aromatic heterocycles. The van der Waals surface area contributed by atoms with Gasteiger partial charge in [-0.2, -0.15) is 0 Å². The Labute approximate surface area is 150 Å². The van der Waals surface area contributed by atoms with Gasteiger partial charge in [0.05, 0.1) is 6.54 Å². The van der Waals surface area contributed by atoms with Gasteiger partial charge in [0, 0.05) is 22.4 Å². The first-order valence-electron chi connectivity index (χ1n) is 8.44. The van der Waals surface area contributed by atoms with Crippen LogP contribution in [-0.4, -0.2) is 24.9 Å². The zero-order chi connectivity index (χ0) is 17.7. The second kappa shape index (κ2) is 7.78. The number of rotatable bonds is 6. The van der Waals surface area contributed by atoms with Gasteiger partial charge in [-0.3, -0.25) is 9.59 Å². The van der Waals surface area contributed by atoms with Crippen molar-refractivity contribution in [2.75, 3.05) is 13.1 Å². The first-order valence-corrected chi connectivity index (χ1v) is 9.31. The number of halogens is 1. The number of carbonyl (C=O) groups excluding carboxylic acids is 2. The van der Waals surface area contributed by atoms with Gasteiger partial charge < -0.3 is 10.6 Å². The Hall–Kier alpha value is -2.21. The van der Waals surface area contributed by atoms with Crippen LogP contribution in [0, 0.1) is 5.82 Å². The van der Waals surface area contributed by atoms with Crippen molar-refractivity contribution in [2.24, 2.45) is 0 Å². The second-order valence-corrected chi connectivity index (χ2v) is 7.38. The Balaban J connectivity index is 1.51. The van der Waals surface area contributed by atoms with E-state index in [4.69, 9.17) is 0 Å². The van der Waals surface area contributed by atoms with Crippen LogP contribution in [0.25, 0.3) is 0 Å². The first-order chi connectivity index (χ1) is 12.1. The zero-order valence-corrected chi connectivity index (χ0v) is 14.7. The summed E-state index contributed by atoms with van der Waals surface area (Å²) < 4.78 is 12.9. The maximum absolute atomic E-state index is 12.9. The van der Waals surface area contributed by atoms with Crippen molar-refractivity contribution in [2.45, 2.75) is 31.1 Å². The lowest BCUT2D eigenvalue weighted by Crippen LogP contribution is -2.43. The predicted molar refractivity (Wildman–Crippen MR) is 96.2 cm³/mol. The molecule has 2 amide bonds. The van der Waals surface area contributed by atoms with Crippen molar-refractivity contribution < 1.29 is 14.0 Å². The molecule has 6 heteroatoms. The minimum absolute atomic E-state index is 0.0325. The highest BCUT2D eigenvalue weighted by Crippen LogP contribution is 2.42. The molecular formula is C19H21FN2O2S. The summed E-state index contributed by atoms with van der Waals surface area (Å²) in [6.45, 7) is 0.509.